The highest BCUT2D eigenvalue weighted by atomic mass is 32.1. The molecule has 9 heteroatoms. The van der Waals surface area contributed by atoms with Gasteiger partial charge in [-0.15, -0.1) is 11.3 Å². The van der Waals surface area contributed by atoms with Crippen LogP contribution in [0.15, 0.2) is 47.8 Å². The van der Waals surface area contributed by atoms with E-state index in [2.05, 4.69) is 4.90 Å². The lowest BCUT2D eigenvalue weighted by molar-refractivity contribution is 0.0376. The molecule has 1 aliphatic heterocycles. The van der Waals surface area contributed by atoms with Gasteiger partial charge < -0.3 is 18.9 Å². The molecule has 2 aromatic carbocycles. The monoisotopic (exact) mass is 497 g/mol. The topological polar surface area (TPSA) is 73.4 Å². The lowest BCUT2D eigenvalue weighted by Gasteiger charge is -2.27. The number of thiazole rings is 1. The first-order valence-electron chi connectivity index (χ1n) is 11.6. The lowest BCUT2D eigenvalue weighted by atomic mass is 10.1. The number of amides is 1. The molecule has 0 radical (unpaired) electrons. The van der Waals surface area contributed by atoms with E-state index in [-0.39, 0.29) is 5.91 Å². The second-order valence-electron chi connectivity index (χ2n) is 8.07. The zero-order valence-electron chi connectivity index (χ0n) is 20.4. The number of methoxy groups -OCH3 is 3. The maximum atomic E-state index is 13.6. The molecule has 1 aromatic heterocycles. The Balaban J connectivity index is 1.59. The Morgan fingerprint density at radius 3 is 2.43 bits per heavy atom. The minimum absolute atomic E-state index is 0.0897. The number of hydrogen-bond acceptors (Lipinski definition) is 8. The van der Waals surface area contributed by atoms with Crippen LogP contribution in [0.5, 0.6) is 17.2 Å². The van der Waals surface area contributed by atoms with Crippen LogP contribution in [0.25, 0.3) is 11.3 Å². The van der Waals surface area contributed by atoms with Gasteiger partial charge in [0.1, 0.15) is 17.2 Å². The van der Waals surface area contributed by atoms with Crippen molar-refractivity contribution in [1.82, 2.24) is 9.88 Å². The van der Waals surface area contributed by atoms with Crippen LogP contribution in [-0.2, 0) is 4.74 Å². The summed E-state index contributed by atoms with van der Waals surface area (Å²) in [6, 6.07) is 12.8. The van der Waals surface area contributed by atoms with Crippen LogP contribution in [-0.4, -0.2) is 76.5 Å². The summed E-state index contributed by atoms with van der Waals surface area (Å²) in [4.78, 5) is 22.5. The largest absolute Gasteiger partial charge is 0.497 e. The molecule has 0 N–H and O–H groups in total. The zero-order valence-corrected chi connectivity index (χ0v) is 21.2. The second kappa shape index (κ2) is 12.0. The predicted molar refractivity (Wildman–Crippen MR) is 137 cm³/mol. The molecule has 4 rings (SSSR count). The lowest BCUT2D eigenvalue weighted by Crippen LogP contribution is -2.39. The number of nitrogens with zero attached hydrogens (tertiary/aromatic N) is 3. The Morgan fingerprint density at radius 2 is 1.74 bits per heavy atom. The third kappa shape index (κ3) is 6.11. The molecule has 0 saturated carbocycles. The fourth-order valence-corrected chi connectivity index (χ4v) is 4.83. The Bertz CT molecular complexity index is 1110. The highest BCUT2D eigenvalue weighted by Crippen LogP contribution is 2.36. The maximum absolute atomic E-state index is 13.6. The molecule has 0 spiro atoms. The van der Waals surface area contributed by atoms with Gasteiger partial charge in [-0.1, -0.05) is 0 Å². The molecule has 1 aliphatic rings. The molecular weight excluding hydrogens is 466 g/mol. The molecule has 8 nitrogen and oxygen atoms in total. The van der Waals surface area contributed by atoms with Crippen molar-refractivity contribution >= 4 is 22.4 Å². The van der Waals surface area contributed by atoms with Crippen LogP contribution in [0.1, 0.15) is 16.8 Å². The van der Waals surface area contributed by atoms with Gasteiger partial charge in [-0.3, -0.25) is 14.6 Å². The third-order valence-corrected chi connectivity index (χ3v) is 6.81. The third-order valence-electron chi connectivity index (χ3n) is 5.95. The van der Waals surface area contributed by atoms with Crippen molar-refractivity contribution in [3.05, 3.63) is 53.4 Å². The number of morpholine rings is 1. The van der Waals surface area contributed by atoms with Crippen molar-refractivity contribution in [2.45, 2.75) is 6.42 Å². The molecule has 186 valence electrons. The summed E-state index contributed by atoms with van der Waals surface area (Å²) in [5.41, 5.74) is 2.15. The number of hydrogen-bond donors (Lipinski definition) is 0. The Hall–Kier alpha value is -3.14. The maximum Gasteiger partial charge on any atom is 0.260 e. The summed E-state index contributed by atoms with van der Waals surface area (Å²) < 4.78 is 21.6. The molecule has 0 atom stereocenters. The van der Waals surface area contributed by atoms with E-state index in [0.29, 0.717) is 34.5 Å². The number of rotatable bonds is 10. The van der Waals surface area contributed by atoms with E-state index in [1.807, 2.05) is 23.6 Å². The average molecular weight is 498 g/mol. The normalized spacial score (nSPS) is 13.9. The van der Waals surface area contributed by atoms with Gasteiger partial charge in [0, 0.05) is 42.7 Å². The van der Waals surface area contributed by atoms with E-state index in [1.54, 1.807) is 50.5 Å². The molecule has 0 aliphatic carbocycles. The van der Waals surface area contributed by atoms with E-state index in [0.717, 1.165) is 50.5 Å². The van der Waals surface area contributed by atoms with E-state index in [4.69, 9.17) is 23.9 Å². The standard InChI is InChI=1S/C26H31N3O5S/c1-31-20-7-5-19(6-8-20)25(30)29(12-4-11-28-13-15-34-16-14-28)26-27-23(18-35-26)22-17-21(32-2)9-10-24(22)33-3/h5-10,17-18H,4,11-16H2,1-3H3. The zero-order chi connectivity index (χ0) is 24.6. The number of anilines is 1. The first-order valence-corrected chi connectivity index (χ1v) is 12.4. The first-order chi connectivity index (χ1) is 17.1. The predicted octanol–water partition coefficient (Wildman–Crippen LogP) is 4.21. The molecule has 3 aromatic rings. The Labute approximate surface area is 210 Å². The van der Waals surface area contributed by atoms with Gasteiger partial charge >= 0.3 is 0 Å². The number of ether oxygens (including phenoxy) is 4. The fourth-order valence-electron chi connectivity index (χ4n) is 3.98. The Morgan fingerprint density at radius 1 is 1.03 bits per heavy atom. The summed E-state index contributed by atoms with van der Waals surface area (Å²) in [5.74, 6) is 2.03. The van der Waals surface area contributed by atoms with Gasteiger partial charge in [0.15, 0.2) is 5.13 Å². The van der Waals surface area contributed by atoms with E-state index in [9.17, 15) is 4.79 Å². The van der Waals surface area contributed by atoms with Crippen molar-refractivity contribution in [3.8, 4) is 28.5 Å². The SMILES string of the molecule is COc1ccc(C(=O)N(CCCN2CCOCC2)c2nc(-c3cc(OC)ccc3OC)cs2)cc1. The van der Waals surface area contributed by atoms with Gasteiger partial charge in [0.2, 0.25) is 0 Å². The smallest absolute Gasteiger partial charge is 0.260 e. The summed E-state index contributed by atoms with van der Waals surface area (Å²) in [6.07, 6.45) is 0.833. The second-order valence-corrected chi connectivity index (χ2v) is 8.91. The van der Waals surface area contributed by atoms with Crippen LogP contribution < -0.4 is 19.1 Å². The van der Waals surface area contributed by atoms with Crippen LogP contribution in [0.3, 0.4) is 0 Å². The number of carbonyl (C=O) groups excluding carboxylic acids is 1. The van der Waals surface area contributed by atoms with Crippen molar-refractivity contribution in [1.29, 1.82) is 0 Å². The van der Waals surface area contributed by atoms with Gasteiger partial charge in [0.25, 0.3) is 5.91 Å². The van der Waals surface area contributed by atoms with E-state index >= 15 is 0 Å². The molecule has 0 bridgehead atoms. The summed E-state index contributed by atoms with van der Waals surface area (Å²) in [5, 5.41) is 2.59. The summed E-state index contributed by atoms with van der Waals surface area (Å²) >= 11 is 1.44. The van der Waals surface area contributed by atoms with Crippen LogP contribution in [0, 0.1) is 0 Å². The molecule has 0 unspecified atom stereocenters. The highest BCUT2D eigenvalue weighted by molar-refractivity contribution is 7.14. The van der Waals surface area contributed by atoms with E-state index < -0.39 is 0 Å². The average Bonchev–Trinajstić information content (AvgIpc) is 3.41. The number of aromatic nitrogens is 1. The summed E-state index contributed by atoms with van der Waals surface area (Å²) in [7, 11) is 4.87. The molecule has 1 saturated heterocycles. The fraction of sp³-hybridized carbons (Fsp3) is 0.385. The van der Waals surface area contributed by atoms with Crippen molar-refractivity contribution < 1.29 is 23.7 Å². The molecule has 2 heterocycles. The molecular formula is C26H31N3O5S. The van der Waals surface area contributed by atoms with Gasteiger partial charge in [-0.25, -0.2) is 4.98 Å². The molecule has 35 heavy (non-hydrogen) atoms. The minimum Gasteiger partial charge on any atom is -0.497 e. The van der Waals surface area contributed by atoms with Crippen LogP contribution in [0.2, 0.25) is 0 Å². The van der Waals surface area contributed by atoms with Gasteiger partial charge in [0.05, 0.1) is 40.2 Å². The van der Waals surface area contributed by atoms with E-state index in [1.165, 1.54) is 11.3 Å². The number of carbonyl (C=O) groups is 1. The Kier molecular flexibility index (Phi) is 8.57. The quantitative estimate of drug-likeness (QED) is 0.416. The highest BCUT2D eigenvalue weighted by Gasteiger charge is 2.23. The van der Waals surface area contributed by atoms with Crippen molar-refractivity contribution in [2.24, 2.45) is 0 Å². The van der Waals surface area contributed by atoms with Crippen LogP contribution in [0.4, 0.5) is 5.13 Å². The first kappa shape index (κ1) is 25.0. The van der Waals surface area contributed by atoms with Crippen molar-refractivity contribution in [3.63, 3.8) is 0 Å². The molecule has 1 fully saturated rings. The van der Waals surface area contributed by atoms with Crippen LogP contribution >= 0.6 is 11.3 Å². The van der Waals surface area contributed by atoms with Gasteiger partial charge in [-0.2, -0.15) is 0 Å². The minimum atomic E-state index is -0.0897. The van der Waals surface area contributed by atoms with Crippen molar-refractivity contribution in [2.75, 3.05) is 65.6 Å². The van der Waals surface area contributed by atoms with Gasteiger partial charge in [-0.05, 0) is 48.9 Å². The molecule has 1 amide bonds. The number of benzene rings is 2. The summed E-state index contributed by atoms with van der Waals surface area (Å²) in [6.45, 7) is 4.81.